The Kier molecular flexibility index (Phi) is 6.57. The van der Waals surface area contributed by atoms with Gasteiger partial charge in [-0.05, 0) is 44.2 Å². The summed E-state index contributed by atoms with van der Waals surface area (Å²) < 4.78 is 0. The van der Waals surface area contributed by atoms with E-state index in [1.807, 2.05) is 18.9 Å². The minimum absolute atomic E-state index is 0.0618. The van der Waals surface area contributed by atoms with Crippen molar-refractivity contribution in [3.63, 3.8) is 0 Å². The number of amides is 1. The second kappa shape index (κ2) is 8.56. The number of hydrogen-bond donors (Lipinski definition) is 0. The lowest BCUT2D eigenvalue weighted by molar-refractivity contribution is 0.0751. The Morgan fingerprint density at radius 1 is 1.26 bits per heavy atom. The summed E-state index contributed by atoms with van der Waals surface area (Å²) in [6.45, 7) is 5.57. The number of benzene rings is 1. The van der Waals surface area contributed by atoms with E-state index in [2.05, 4.69) is 11.9 Å². The largest absolute Gasteiger partial charge is 0.338 e. The maximum Gasteiger partial charge on any atom is 0.265 e. The molecule has 0 atom stereocenters. The lowest BCUT2D eigenvalue weighted by Gasteiger charge is -2.21. The summed E-state index contributed by atoms with van der Waals surface area (Å²) in [6, 6.07) is 3.29. The maximum atomic E-state index is 13.1. The Bertz CT molecular complexity index is 828. The number of thiazole rings is 1. The fourth-order valence-electron chi connectivity index (χ4n) is 2.98. The van der Waals surface area contributed by atoms with Crippen LogP contribution in [0.2, 0.25) is 15.1 Å². The van der Waals surface area contributed by atoms with Crippen LogP contribution in [-0.4, -0.2) is 35.9 Å². The van der Waals surface area contributed by atoms with E-state index in [1.54, 1.807) is 17.0 Å². The number of rotatable bonds is 7. The van der Waals surface area contributed by atoms with Crippen molar-refractivity contribution < 1.29 is 4.79 Å². The third-order valence-electron chi connectivity index (χ3n) is 4.54. The van der Waals surface area contributed by atoms with Gasteiger partial charge < -0.3 is 9.80 Å². The number of carbonyl (C=O) groups excluding carboxylic acids is 1. The Balaban J connectivity index is 1.88. The molecule has 1 aliphatic carbocycles. The van der Waals surface area contributed by atoms with Gasteiger partial charge in [0.15, 0.2) is 5.13 Å². The molecular formula is C19H22Cl3N3OS. The topological polar surface area (TPSA) is 36.4 Å². The summed E-state index contributed by atoms with van der Waals surface area (Å²) >= 11 is 20.0. The first-order valence-electron chi connectivity index (χ1n) is 8.96. The highest BCUT2D eigenvalue weighted by molar-refractivity contribution is 7.17. The molecule has 1 amide bonds. The van der Waals surface area contributed by atoms with E-state index in [-0.39, 0.29) is 5.91 Å². The first kappa shape index (κ1) is 20.7. The molecule has 1 aromatic heterocycles. The highest BCUT2D eigenvalue weighted by Gasteiger charge is 2.29. The molecule has 146 valence electrons. The predicted octanol–water partition coefficient (Wildman–Crippen LogP) is 6.44. The van der Waals surface area contributed by atoms with Crippen LogP contribution >= 0.6 is 46.1 Å². The molecule has 1 heterocycles. The van der Waals surface area contributed by atoms with Gasteiger partial charge in [-0.2, -0.15) is 0 Å². The Labute approximate surface area is 179 Å². The molecule has 1 aliphatic rings. The van der Waals surface area contributed by atoms with Gasteiger partial charge in [0.2, 0.25) is 0 Å². The average Bonchev–Trinajstić information content (AvgIpc) is 3.32. The van der Waals surface area contributed by atoms with Crippen LogP contribution in [0.15, 0.2) is 12.1 Å². The first-order valence-corrected chi connectivity index (χ1v) is 10.9. The van der Waals surface area contributed by atoms with Crippen molar-refractivity contribution in [3.8, 4) is 0 Å². The molecule has 0 radical (unpaired) electrons. The van der Waals surface area contributed by atoms with E-state index < -0.39 is 0 Å². The molecule has 27 heavy (non-hydrogen) atoms. The van der Waals surface area contributed by atoms with Gasteiger partial charge in [0, 0.05) is 25.2 Å². The SMILES string of the molecule is CCCN(CC1CC1)C(=O)c1sc(N(C)c2c(Cl)cc(Cl)cc2Cl)nc1C. The molecule has 3 rings (SSSR count). The molecule has 0 aliphatic heterocycles. The summed E-state index contributed by atoms with van der Waals surface area (Å²) in [5, 5.41) is 2.03. The number of carbonyl (C=O) groups is 1. The molecule has 0 N–H and O–H groups in total. The molecule has 2 aromatic rings. The second-order valence-corrected chi connectivity index (χ2v) is 9.11. The normalized spacial score (nSPS) is 13.7. The maximum absolute atomic E-state index is 13.1. The molecule has 8 heteroatoms. The van der Waals surface area contributed by atoms with Crippen molar-refractivity contribution >= 4 is 62.9 Å². The molecule has 0 spiro atoms. The van der Waals surface area contributed by atoms with Gasteiger partial charge in [0.05, 0.1) is 21.4 Å². The lowest BCUT2D eigenvalue weighted by atomic mass is 10.3. The van der Waals surface area contributed by atoms with Crippen LogP contribution in [0.5, 0.6) is 0 Å². The van der Waals surface area contributed by atoms with Crippen LogP contribution in [-0.2, 0) is 0 Å². The van der Waals surface area contributed by atoms with Crippen molar-refractivity contribution in [2.75, 3.05) is 25.0 Å². The zero-order valence-electron chi connectivity index (χ0n) is 15.6. The number of nitrogens with zero attached hydrogens (tertiary/aromatic N) is 3. The summed E-state index contributed by atoms with van der Waals surface area (Å²) in [6.07, 6.45) is 3.38. The Hall–Kier alpha value is -1.01. The van der Waals surface area contributed by atoms with Gasteiger partial charge in [-0.3, -0.25) is 4.79 Å². The van der Waals surface area contributed by atoms with Crippen molar-refractivity contribution in [3.05, 3.63) is 37.8 Å². The monoisotopic (exact) mass is 445 g/mol. The van der Waals surface area contributed by atoms with Gasteiger partial charge in [0.25, 0.3) is 5.91 Å². The Morgan fingerprint density at radius 2 is 1.89 bits per heavy atom. The second-order valence-electron chi connectivity index (χ2n) is 6.88. The number of aromatic nitrogens is 1. The van der Waals surface area contributed by atoms with Crippen molar-refractivity contribution in [1.82, 2.24) is 9.88 Å². The van der Waals surface area contributed by atoms with E-state index in [1.165, 1.54) is 24.2 Å². The van der Waals surface area contributed by atoms with Gasteiger partial charge in [-0.25, -0.2) is 4.98 Å². The van der Waals surface area contributed by atoms with E-state index in [9.17, 15) is 4.79 Å². The van der Waals surface area contributed by atoms with Gasteiger partial charge in [-0.15, -0.1) is 0 Å². The predicted molar refractivity (Wildman–Crippen MR) is 115 cm³/mol. The van der Waals surface area contributed by atoms with E-state index >= 15 is 0 Å². The van der Waals surface area contributed by atoms with E-state index in [0.29, 0.717) is 36.7 Å². The molecule has 0 saturated heterocycles. The minimum atomic E-state index is 0.0618. The highest BCUT2D eigenvalue weighted by atomic mass is 35.5. The summed E-state index contributed by atoms with van der Waals surface area (Å²) in [4.78, 5) is 22.1. The fraction of sp³-hybridized carbons (Fsp3) is 0.474. The zero-order valence-corrected chi connectivity index (χ0v) is 18.6. The smallest absolute Gasteiger partial charge is 0.265 e. The van der Waals surface area contributed by atoms with Crippen LogP contribution in [0, 0.1) is 12.8 Å². The standard InChI is InChI=1S/C19H22Cl3N3OS/c1-4-7-25(10-12-5-6-12)18(26)17-11(2)23-19(27-17)24(3)16-14(21)8-13(20)9-15(16)22/h8-9,12H,4-7,10H2,1-3H3. The molecule has 0 bridgehead atoms. The van der Waals surface area contributed by atoms with Crippen LogP contribution in [0.3, 0.4) is 0 Å². The molecule has 1 fully saturated rings. The van der Waals surface area contributed by atoms with Crippen LogP contribution in [0.4, 0.5) is 10.8 Å². The first-order chi connectivity index (χ1) is 12.8. The van der Waals surface area contributed by atoms with Crippen molar-refractivity contribution in [2.45, 2.75) is 33.1 Å². The quantitative estimate of drug-likeness (QED) is 0.491. The van der Waals surface area contributed by atoms with Crippen molar-refractivity contribution in [1.29, 1.82) is 0 Å². The summed E-state index contributed by atoms with van der Waals surface area (Å²) in [5.41, 5.74) is 1.35. The summed E-state index contributed by atoms with van der Waals surface area (Å²) in [7, 11) is 1.83. The van der Waals surface area contributed by atoms with Crippen LogP contribution in [0.1, 0.15) is 41.6 Å². The van der Waals surface area contributed by atoms with Crippen LogP contribution < -0.4 is 4.90 Å². The van der Waals surface area contributed by atoms with Gasteiger partial charge in [-0.1, -0.05) is 53.1 Å². The fourth-order valence-corrected chi connectivity index (χ4v) is 5.05. The third-order valence-corrected chi connectivity index (χ3v) is 6.56. The molecule has 1 saturated carbocycles. The van der Waals surface area contributed by atoms with Crippen LogP contribution in [0.25, 0.3) is 0 Å². The highest BCUT2D eigenvalue weighted by Crippen LogP contribution is 2.41. The lowest BCUT2D eigenvalue weighted by Crippen LogP contribution is -2.33. The van der Waals surface area contributed by atoms with Gasteiger partial charge in [0.1, 0.15) is 4.88 Å². The molecule has 1 aromatic carbocycles. The van der Waals surface area contributed by atoms with Gasteiger partial charge >= 0.3 is 0 Å². The summed E-state index contributed by atoms with van der Waals surface area (Å²) in [5.74, 6) is 0.717. The average molecular weight is 447 g/mol. The minimum Gasteiger partial charge on any atom is -0.338 e. The Morgan fingerprint density at radius 3 is 2.44 bits per heavy atom. The number of hydrogen-bond acceptors (Lipinski definition) is 4. The molecule has 4 nitrogen and oxygen atoms in total. The van der Waals surface area contributed by atoms with E-state index in [4.69, 9.17) is 34.8 Å². The third kappa shape index (κ3) is 4.70. The molecule has 0 unspecified atom stereocenters. The molecular weight excluding hydrogens is 425 g/mol. The number of anilines is 2. The number of halogens is 3. The van der Waals surface area contributed by atoms with E-state index in [0.717, 1.165) is 25.2 Å². The van der Waals surface area contributed by atoms with Crippen molar-refractivity contribution in [2.24, 2.45) is 5.92 Å². The number of aryl methyl sites for hydroxylation is 1. The zero-order chi connectivity index (χ0) is 19.7.